The highest BCUT2D eigenvalue weighted by molar-refractivity contribution is 7.21. The lowest BCUT2D eigenvalue weighted by atomic mass is 10.0. The van der Waals surface area contributed by atoms with Crippen molar-refractivity contribution in [3.8, 4) is 5.69 Å². The minimum absolute atomic E-state index is 0.00448. The van der Waals surface area contributed by atoms with Crippen LogP contribution in [0.1, 0.15) is 47.2 Å². The zero-order valence-electron chi connectivity index (χ0n) is 16.9. The van der Waals surface area contributed by atoms with Gasteiger partial charge < -0.3 is 9.88 Å². The van der Waals surface area contributed by atoms with Gasteiger partial charge in [0.25, 0.3) is 5.91 Å². The number of nitrogens with one attached hydrogen (secondary N) is 1. The molecule has 0 bridgehead atoms. The minimum Gasteiger partial charge on any atom is -0.350 e. The Labute approximate surface area is 170 Å². The Bertz CT molecular complexity index is 970. The van der Waals surface area contributed by atoms with Crippen molar-refractivity contribution >= 4 is 27.5 Å². The summed E-state index contributed by atoms with van der Waals surface area (Å²) < 4.78 is 2.17. The molecule has 0 aliphatic carbocycles. The van der Waals surface area contributed by atoms with Gasteiger partial charge in [0, 0.05) is 42.1 Å². The number of carbonyl (C=O) groups is 1. The third kappa shape index (κ3) is 3.59. The van der Waals surface area contributed by atoms with Gasteiger partial charge >= 0.3 is 0 Å². The first kappa shape index (κ1) is 19.2. The van der Waals surface area contributed by atoms with E-state index in [2.05, 4.69) is 58.7 Å². The van der Waals surface area contributed by atoms with Crippen LogP contribution >= 0.6 is 11.3 Å². The summed E-state index contributed by atoms with van der Waals surface area (Å²) in [6.07, 6.45) is 5.62. The molecule has 28 heavy (non-hydrogen) atoms. The molecule has 0 radical (unpaired) electrons. The van der Waals surface area contributed by atoms with E-state index in [-0.39, 0.29) is 5.91 Å². The van der Waals surface area contributed by atoms with Gasteiger partial charge in [-0.25, -0.2) is 4.98 Å². The summed E-state index contributed by atoms with van der Waals surface area (Å²) in [5.41, 5.74) is 3.20. The molecule has 1 aliphatic heterocycles. The molecule has 3 aromatic heterocycles. The Morgan fingerprint density at radius 2 is 2.04 bits per heavy atom. The van der Waals surface area contributed by atoms with Crippen LogP contribution in [0.15, 0.2) is 30.5 Å². The molecule has 1 N–H and O–H groups in total. The van der Waals surface area contributed by atoms with Crippen molar-refractivity contribution < 1.29 is 4.79 Å². The second-order valence-electron chi connectivity index (χ2n) is 7.72. The first-order chi connectivity index (χ1) is 13.6. The quantitative estimate of drug-likeness (QED) is 0.699. The van der Waals surface area contributed by atoms with Crippen LogP contribution in [0.2, 0.25) is 0 Å². The van der Waals surface area contributed by atoms with Crippen LogP contribution in [0.5, 0.6) is 0 Å². The predicted molar refractivity (Wildman–Crippen MR) is 116 cm³/mol. The zero-order valence-corrected chi connectivity index (χ0v) is 17.7. The maximum atomic E-state index is 13.1. The molecule has 0 saturated carbocycles. The number of amides is 1. The van der Waals surface area contributed by atoms with E-state index in [1.54, 1.807) is 6.20 Å². The van der Waals surface area contributed by atoms with E-state index < -0.39 is 0 Å². The van der Waals surface area contributed by atoms with E-state index in [1.807, 2.05) is 6.07 Å². The van der Waals surface area contributed by atoms with Crippen LogP contribution in [0, 0.1) is 13.8 Å². The molecular formula is C22H28N4OS. The number of nitrogens with zero attached hydrogens (tertiary/aromatic N) is 3. The van der Waals surface area contributed by atoms with Gasteiger partial charge in [-0.1, -0.05) is 6.42 Å². The number of hydrogen-bond acceptors (Lipinski definition) is 4. The maximum absolute atomic E-state index is 13.1. The number of pyridine rings is 1. The molecule has 1 saturated heterocycles. The van der Waals surface area contributed by atoms with Crippen LogP contribution in [0.3, 0.4) is 0 Å². The highest BCUT2D eigenvalue weighted by Gasteiger charge is 2.23. The summed E-state index contributed by atoms with van der Waals surface area (Å²) in [4.78, 5) is 21.7. The van der Waals surface area contributed by atoms with Gasteiger partial charge in [0.15, 0.2) is 0 Å². The molecule has 1 atom stereocenters. The van der Waals surface area contributed by atoms with E-state index in [0.29, 0.717) is 12.6 Å². The molecule has 0 unspecified atom stereocenters. The van der Waals surface area contributed by atoms with E-state index in [0.717, 1.165) is 45.3 Å². The minimum atomic E-state index is -0.00448. The van der Waals surface area contributed by atoms with Gasteiger partial charge in [0.2, 0.25) is 0 Å². The maximum Gasteiger partial charge on any atom is 0.263 e. The average molecular weight is 397 g/mol. The normalized spacial score (nSPS) is 17.9. The Morgan fingerprint density at radius 3 is 2.79 bits per heavy atom. The summed E-state index contributed by atoms with van der Waals surface area (Å²) in [7, 11) is 0. The Balaban J connectivity index is 1.59. The average Bonchev–Trinajstić information content (AvgIpc) is 3.22. The van der Waals surface area contributed by atoms with Crippen molar-refractivity contribution in [1.82, 2.24) is 19.8 Å². The Hall–Kier alpha value is -2.18. The molecule has 4 rings (SSSR count). The van der Waals surface area contributed by atoms with Gasteiger partial charge in [-0.05, 0) is 64.4 Å². The standard InChI is InChI=1S/C22H28N4OS/c1-15-7-4-5-13-25(15)14-12-23-21(27)20-19(26-16(2)9-10-17(26)3)18-8-6-11-24-22(18)28-20/h6,8-11,15H,4-5,7,12-14H2,1-3H3,(H,23,27)/t15-/m1/s1. The highest BCUT2D eigenvalue weighted by atomic mass is 32.1. The molecule has 1 amide bonds. The number of aromatic nitrogens is 2. The van der Waals surface area contributed by atoms with Crippen LogP contribution in [-0.4, -0.2) is 46.0 Å². The second-order valence-corrected chi connectivity index (χ2v) is 8.72. The summed E-state index contributed by atoms with van der Waals surface area (Å²) >= 11 is 1.48. The van der Waals surface area contributed by atoms with Gasteiger partial charge in [-0.15, -0.1) is 11.3 Å². The fraction of sp³-hybridized carbons (Fsp3) is 0.455. The first-order valence-corrected chi connectivity index (χ1v) is 10.9. The molecule has 6 heteroatoms. The van der Waals surface area contributed by atoms with Crippen LogP contribution < -0.4 is 5.32 Å². The van der Waals surface area contributed by atoms with E-state index in [1.165, 1.54) is 30.6 Å². The van der Waals surface area contributed by atoms with Crippen LogP contribution in [0.25, 0.3) is 15.9 Å². The first-order valence-electron chi connectivity index (χ1n) is 10.1. The van der Waals surface area contributed by atoms with Crippen molar-refractivity contribution in [1.29, 1.82) is 0 Å². The number of thiophene rings is 1. The molecule has 3 aromatic rings. The summed E-state index contributed by atoms with van der Waals surface area (Å²) in [5.74, 6) is -0.00448. The lowest BCUT2D eigenvalue weighted by molar-refractivity contribution is 0.0942. The molecule has 5 nitrogen and oxygen atoms in total. The summed E-state index contributed by atoms with van der Waals surface area (Å²) in [6.45, 7) is 9.16. The Morgan fingerprint density at radius 1 is 1.25 bits per heavy atom. The zero-order chi connectivity index (χ0) is 19.7. The molecule has 1 aliphatic rings. The van der Waals surface area contributed by atoms with Crippen LogP contribution in [-0.2, 0) is 0 Å². The molecular weight excluding hydrogens is 368 g/mol. The van der Waals surface area contributed by atoms with Gasteiger partial charge in [0.05, 0.1) is 5.69 Å². The van der Waals surface area contributed by atoms with Crippen molar-refractivity contribution in [2.24, 2.45) is 0 Å². The third-order valence-corrected chi connectivity index (χ3v) is 6.87. The third-order valence-electron chi connectivity index (χ3n) is 5.77. The fourth-order valence-corrected chi connectivity index (χ4v) is 5.24. The topological polar surface area (TPSA) is 50.2 Å². The van der Waals surface area contributed by atoms with Crippen molar-refractivity contribution in [3.63, 3.8) is 0 Å². The summed E-state index contributed by atoms with van der Waals surface area (Å²) in [6, 6.07) is 8.79. The molecule has 0 aromatic carbocycles. The monoisotopic (exact) mass is 396 g/mol. The van der Waals surface area contributed by atoms with Gasteiger partial charge in [-0.2, -0.15) is 0 Å². The number of fused-ring (bicyclic) bond motifs is 1. The van der Waals surface area contributed by atoms with Crippen molar-refractivity contribution in [2.45, 2.75) is 46.1 Å². The molecule has 0 spiro atoms. The van der Waals surface area contributed by atoms with E-state index in [4.69, 9.17) is 0 Å². The largest absolute Gasteiger partial charge is 0.350 e. The van der Waals surface area contributed by atoms with Crippen LogP contribution in [0.4, 0.5) is 0 Å². The van der Waals surface area contributed by atoms with Crippen molar-refractivity contribution in [2.75, 3.05) is 19.6 Å². The van der Waals surface area contributed by atoms with Gasteiger partial charge in [-0.3, -0.25) is 9.69 Å². The van der Waals surface area contributed by atoms with E-state index in [9.17, 15) is 4.79 Å². The smallest absolute Gasteiger partial charge is 0.263 e. The van der Waals surface area contributed by atoms with Gasteiger partial charge in [0.1, 0.15) is 9.71 Å². The Kier molecular flexibility index (Phi) is 5.51. The summed E-state index contributed by atoms with van der Waals surface area (Å²) in [5, 5.41) is 4.19. The lowest BCUT2D eigenvalue weighted by Gasteiger charge is -2.33. The highest BCUT2D eigenvalue weighted by Crippen LogP contribution is 2.34. The lowest BCUT2D eigenvalue weighted by Crippen LogP contribution is -2.42. The predicted octanol–water partition coefficient (Wildman–Crippen LogP) is 4.31. The molecule has 4 heterocycles. The number of piperidine rings is 1. The molecule has 1 fully saturated rings. The number of rotatable bonds is 5. The second kappa shape index (κ2) is 8.05. The number of carbonyl (C=O) groups excluding carboxylic acids is 1. The van der Waals surface area contributed by atoms with E-state index >= 15 is 0 Å². The number of hydrogen-bond donors (Lipinski definition) is 1. The SMILES string of the molecule is Cc1ccc(C)n1-c1c(C(=O)NCCN2CCCC[C@H]2C)sc2ncccc12. The fourth-order valence-electron chi connectivity index (χ4n) is 4.20. The number of aryl methyl sites for hydroxylation is 2. The van der Waals surface area contributed by atoms with Crippen molar-refractivity contribution in [3.05, 3.63) is 46.7 Å². The molecule has 148 valence electrons. The number of likely N-dealkylation sites (tertiary alicyclic amines) is 1.